The van der Waals surface area contributed by atoms with Crippen LogP contribution in [0.3, 0.4) is 0 Å². The Bertz CT molecular complexity index is 2930. The van der Waals surface area contributed by atoms with Crippen LogP contribution in [0.25, 0.3) is 76.9 Å². The van der Waals surface area contributed by atoms with E-state index in [-0.39, 0.29) is 30.9 Å². The van der Waals surface area contributed by atoms with Gasteiger partial charge in [0.1, 0.15) is 11.1 Å². The normalized spacial score (nSPS) is 11.8. The minimum Gasteiger partial charge on any atom is -0.498 e. The molecule has 5 aromatic carbocycles. The zero-order valence-corrected chi connectivity index (χ0v) is 38.7. The summed E-state index contributed by atoms with van der Waals surface area (Å²) in [6.45, 7) is 21.9. The summed E-state index contributed by atoms with van der Waals surface area (Å²) in [6, 6.07) is 42.6. The van der Waals surface area contributed by atoms with Crippen LogP contribution in [-0.4, -0.2) is 15.0 Å². The maximum absolute atomic E-state index is 6.64. The molecule has 0 aliphatic heterocycles. The first kappa shape index (κ1) is 41.9. The molecule has 59 heavy (non-hydrogen) atoms. The summed E-state index contributed by atoms with van der Waals surface area (Å²) in [5, 5.41) is 3.26. The minimum absolute atomic E-state index is 0. The molecule has 4 aromatic heterocycles. The standard InChI is InChI=1S/C34H33N2OS.C19H16N.Ir/c1-19-11-9-12-20(2)28(19)24-17-26(35-18-25(24)33(3,4)5)23-14-10-13-21-22-15-16-27-29(31(22)37-30(21)23)36-32(38-27)34(6,7)8;1-14-8-10-17(11-9-14)19-12-18(15(2)13-20-19)16-6-4-3-5-7-16;/h9-13,15-18H,1-8H3;3-10,12-13H,1-2H3;/q2*-1;. The second-order valence-electron chi connectivity index (χ2n) is 17.4. The van der Waals surface area contributed by atoms with Crippen molar-refractivity contribution in [1.29, 1.82) is 0 Å². The maximum Gasteiger partial charge on any atom is 0.148 e. The van der Waals surface area contributed by atoms with Crippen molar-refractivity contribution in [1.82, 2.24) is 15.0 Å². The molecular weight excluding hydrogens is 919 g/mol. The van der Waals surface area contributed by atoms with Crippen LogP contribution in [0.5, 0.6) is 0 Å². The molecule has 0 bridgehead atoms. The van der Waals surface area contributed by atoms with Crippen LogP contribution in [-0.2, 0) is 30.9 Å². The third-order valence-corrected chi connectivity index (χ3v) is 12.2. The van der Waals surface area contributed by atoms with Crippen molar-refractivity contribution < 1.29 is 24.5 Å². The largest absolute Gasteiger partial charge is 0.498 e. The molecule has 0 aliphatic carbocycles. The van der Waals surface area contributed by atoms with Crippen molar-refractivity contribution in [2.75, 3.05) is 0 Å². The maximum atomic E-state index is 6.64. The number of pyridine rings is 2. The molecule has 0 amide bonds. The number of thiazole rings is 1. The van der Waals surface area contributed by atoms with E-state index in [4.69, 9.17) is 14.4 Å². The van der Waals surface area contributed by atoms with E-state index in [0.29, 0.717) is 0 Å². The van der Waals surface area contributed by atoms with Gasteiger partial charge >= 0.3 is 0 Å². The van der Waals surface area contributed by atoms with Gasteiger partial charge in [-0.1, -0.05) is 126 Å². The Balaban J connectivity index is 0.000000212. The van der Waals surface area contributed by atoms with Gasteiger partial charge in [-0.05, 0) is 88.1 Å². The van der Waals surface area contributed by atoms with Gasteiger partial charge in [0.05, 0.1) is 15.3 Å². The molecule has 299 valence electrons. The van der Waals surface area contributed by atoms with Gasteiger partial charge in [0.2, 0.25) is 0 Å². The zero-order chi connectivity index (χ0) is 40.9. The van der Waals surface area contributed by atoms with E-state index >= 15 is 0 Å². The monoisotopic (exact) mass is 968 g/mol. The Morgan fingerprint density at radius 3 is 2.00 bits per heavy atom. The molecular formula is C53H49IrN3OS-2. The van der Waals surface area contributed by atoms with E-state index in [1.165, 1.54) is 50.1 Å². The van der Waals surface area contributed by atoms with Crippen molar-refractivity contribution in [2.45, 2.75) is 80.1 Å². The van der Waals surface area contributed by atoms with Gasteiger partial charge in [-0.3, -0.25) is 0 Å². The van der Waals surface area contributed by atoms with Gasteiger partial charge in [0.25, 0.3) is 0 Å². The summed E-state index contributed by atoms with van der Waals surface area (Å²) in [5.74, 6) is 0. The fraction of sp³-hybridized carbons (Fsp3) is 0.226. The number of hydrogen-bond donors (Lipinski definition) is 0. The van der Waals surface area contributed by atoms with Crippen LogP contribution in [0.2, 0.25) is 0 Å². The smallest absolute Gasteiger partial charge is 0.148 e. The number of nitrogens with zero attached hydrogens (tertiary/aromatic N) is 3. The first-order valence-electron chi connectivity index (χ1n) is 19.9. The van der Waals surface area contributed by atoms with E-state index in [0.717, 1.165) is 59.7 Å². The van der Waals surface area contributed by atoms with Crippen LogP contribution >= 0.6 is 11.3 Å². The number of furan rings is 1. The zero-order valence-electron chi connectivity index (χ0n) is 35.5. The molecule has 0 N–H and O–H groups in total. The number of aromatic nitrogens is 3. The van der Waals surface area contributed by atoms with Crippen molar-refractivity contribution in [3.05, 3.63) is 160 Å². The summed E-state index contributed by atoms with van der Waals surface area (Å²) in [5.41, 5.74) is 17.4. The summed E-state index contributed by atoms with van der Waals surface area (Å²) in [7, 11) is 0. The van der Waals surface area contributed by atoms with Crippen LogP contribution < -0.4 is 0 Å². The summed E-state index contributed by atoms with van der Waals surface area (Å²) in [6.07, 6.45) is 3.98. The molecule has 1 radical (unpaired) electrons. The van der Waals surface area contributed by atoms with Gasteiger partial charge in [-0.15, -0.1) is 64.9 Å². The molecule has 4 nitrogen and oxygen atoms in total. The van der Waals surface area contributed by atoms with E-state index in [1.54, 1.807) is 11.3 Å². The second-order valence-corrected chi connectivity index (χ2v) is 18.4. The van der Waals surface area contributed by atoms with Crippen molar-refractivity contribution in [3.63, 3.8) is 0 Å². The third-order valence-electron chi connectivity index (χ3n) is 10.8. The van der Waals surface area contributed by atoms with Crippen LogP contribution in [0, 0.1) is 39.8 Å². The summed E-state index contributed by atoms with van der Waals surface area (Å²) in [4.78, 5) is 14.5. The molecule has 0 atom stereocenters. The van der Waals surface area contributed by atoms with E-state index < -0.39 is 0 Å². The summed E-state index contributed by atoms with van der Waals surface area (Å²) < 4.78 is 7.79. The number of rotatable bonds is 4. The van der Waals surface area contributed by atoms with Gasteiger partial charge < -0.3 is 14.4 Å². The Hall–Kier alpha value is -5.26. The average molecular weight is 968 g/mol. The van der Waals surface area contributed by atoms with Gasteiger partial charge in [0, 0.05) is 43.3 Å². The Labute approximate surface area is 366 Å². The fourth-order valence-electron chi connectivity index (χ4n) is 7.60. The molecule has 0 fully saturated rings. The first-order chi connectivity index (χ1) is 27.7. The van der Waals surface area contributed by atoms with Gasteiger partial charge in [-0.25, -0.2) is 4.98 Å². The number of hydrogen-bond acceptors (Lipinski definition) is 5. The van der Waals surface area contributed by atoms with Crippen molar-refractivity contribution in [3.8, 4) is 44.8 Å². The molecule has 0 saturated heterocycles. The average Bonchev–Trinajstić information content (AvgIpc) is 3.81. The second kappa shape index (κ2) is 16.4. The molecule has 9 aromatic rings. The van der Waals surface area contributed by atoms with Crippen molar-refractivity contribution >= 4 is 43.5 Å². The van der Waals surface area contributed by atoms with Crippen LogP contribution in [0.1, 0.15) is 74.4 Å². The summed E-state index contributed by atoms with van der Waals surface area (Å²) >= 11 is 1.74. The van der Waals surface area contributed by atoms with Crippen LogP contribution in [0.15, 0.2) is 120 Å². The Morgan fingerprint density at radius 2 is 1.32 bits per heavy atom. The number of benzene rings is 5. The SMILES string of the molecule is Cc1c[c-]c(-c2cc(-c3ccccc3)c(C)cn2)cc1.Cc1cccc(C)c1-c1cc(-c2[c-]ccc3c2oc2c3ccc3sc(C(C)(C)C)nc32)ncc1C(C)(C)C.[Ir]. The molecule has 0 aliphatic rings. The molecule has 9 rings (SSSR count). The molecule has 0 spiro atoms. The van der Waals surface area contributed by atoms with Gasteiger partial charge in [-0.2, -0.15) is 0 Å². The van der Waals surface area contributed by atoms with Crippen LogP contribution in [0.4, 0.5) is 0 Å². The minimum atomic E-state index is -0.0499. The molecule has 0 saturated carbocycles. The first-order valence-corrected chi connectivity index (χ1v) is 20.7. The van der Waals surface area contributed by atoms with Crippen molar-refractivity contribution in [2.24, 2.45) is 0 Å². The van der Waals surface area contributed by atoms with Gasteiger partial charge in [0.15, 0.2) is 0 Å². The predicted octanol–water partition coefficient (Wildman–Crippen LogP) is 14.8. The molecule has 6 heteroatoms. The fourth-order valence-corrected chi connectivity index (χ4v) is 8.62. The molecule has 4 heterocycles. The number of fused-ring (bicyclic) bond motifs is 5. The Morgan fingerprint density at radius 1 is 0.627 bits per heavy atom. The Kier molecular flexibility index (Phi) is 11.7. The van der Waals surface area contributed by atoms with E-state index in [1.807, 2.05) is 30.6 Å². The topological polar surface area (TPSA) is 51.8 Å². The third kappa shape index (κ3) is 8.32. The quantitative estimate of drug-likeness (QED) is 0.165. The predicted molar refractivity (Wildman–Crippen MR) is 245 cm³/mol. The van der Waals surface area contributed by atoms with E-state index in [9.17, 15) is 0 Å². The van der Waals surface area contributed by atoms with E-state index in [2.05, 4.69) is 171 Å². The molecule has 0 unspecified atom stereocenters. The number of aryl methyl sites for hydroxylation is 4.